The standard InChI is InChI=1S/C25H22ClIN4O2S/c26-20-16-18(28-25(34)29-23(32)19-8-4-5-9-21(19)27)10-11-22(20)30-12-14-31(15-13-30)24(33)17-6-2-1-3-7-17/h1-11,16H,12-15H2,(H2,28,29,32,34). The van der Waals surface area contributed by atoms with E-state index in [1.54, 1.807) is 12.1 Å². The van der Waals surface area contributed by atoms with Crippen LogP contribution in [0.15, 0.2) is 72.8 Å². The zero-order valence-electron chi connectivity index (χ0n) is 18.1. The van der Waals surface area contributed by atoms with Gasteiger partial charge in [-0.2, -0.15) is 0 Å². The van der Waals surface area contributed by atoms with E-state index in [1.807, 2.05) is 65.6 Å². The molecule has 34 heavy (non-hydrogen) atoms. The zero-order valence-corrected chi connectivity index (χ0v) is 21.9. The number of piperazine rings is 1. The molecule has 4 rings (SSSR count). The Balaban J connectivity index is 1.33. The molecule has 0 atom stereocenters. The number of halogens is 2. The molecule has 0 saturated carbocycles. The first-order valence-corrected chi connectivity index (χ1v) is 12.5. The summed E-state index contributed by atoms with van der Waals surface area (Å²) in [6, 6.07) is 22.2. The van der Waals surface area contributed by atoms with E-state index < -0.39 is 0 Å². The summed E-state index contributed by atoms with van der Waals surface area (Å²) in [6.07, 6.45) is 0. The molecule has 1 heterocycles. The van der Waals surface area contributed by atoms with Gasteiger partial charge < -0.3 is 15.1 Å². The monoisotopic (exact) mass is 604 g/mol. The van der Waals surface area contributed by atoms with Crippen LogP contribution in [0.2, 0.25) is 5.02 Å². The first kappa shape index (κ1) is 24.4. The summed E-state index contributed by atoms with van der Waals surface area (Å²) in [6.45, 7) is 2.63. The highest BCUT2D eigenvalue weighted by molar-refractivity contribution is 14.1. The van der Waals surface area contributed by atoms with Gasteiger partial charge >= 0.3 is 0 Å². The van der Waals surface area contributed by atoms with Crippen LogP contribution in [0.1, 0.15) is 20.7 Å². The molecule has 2 amide bonds. The molecule has 0 aromatic heterocycles. The van der Waals surface area contributed by atoms with Crippen molar-refractivity contribution >= 4 is 74.7 Å². The minimum atomic E-state index is -0.270. The van der Waals surface area contributed by atoms with Crippen molar-refractivity contribution in [2.24, 2.45) is 0 Å². The Bertz CT molecular complexity index is 1220. The van der Waals surface area contributed by atoms with Gasteiger partial charge in [0, 0.05) is 41.0 Å². The normalized spacial score (nSPS) is 13.4. The SMILES string of the molecule is O=C(NC(=S)Nc1ccc(N2CCN(C(=O)c3ccccc3)CC2)c(Cl)c1)c1ccccc1I. The summed E-state index contributed by atoms with van der Waals surface area (Å²) >= 11 is 14.0. The number of rotatable bonds is 4. The van der Waals surface area contributed by atoms with E-state index in [9.17, 15) is 9.59 Å². The second kappa shape index (κ2) is 11.2. The lowest BCUT2D eigenvalue weighted by molar-refractivity contribution is 0.0746. The van der Waals surface area contributed by atoms with E-state index in [0.717, 1.165) is 9.26 Å². The van der Waals surface area contributed by atoms with Crippen LogP contribution in [0, 0.1) is 3.57 Å². The van der Waals surface area contributed by atoms with E-state index in [4.69, 9.17) is 23.8 Å². The number of nitrogens with zero attached hydrogens (tertiary/aromatic N) is 2. The van der Waals surface area contributed by atoms with Gasteiger partial charge in [0.25, 0.3) is 11.8 Å². The van der Waals surface area contributed by atoms with Gasteiger partial charge in [0.05, 0.1) is 16.3 Å². The molecular weight excluding hydrogens is 583 g/mol. The van der Waals surface area contributed by atoms with Crippen LogP contribution < -0.4 is 15.5 Å². The Morgan fingerprint density at radius 2 is 1.59 bits per heavy atom. The highest BCUT2D eigenvalue weighted by atomic mass is 127. The molecule has 0 spiro atoms. The van der Waals surface area contributed by atoms with Crippen molar-refractivity contribution in [1.82, 2.24) is 10.2 Å². The van der Waals surface area contributed by atoms with Gasteiger partial charge in [-0.1, -0.05) is 41.9 Å². The fourth-order valence-electron chi connectivity index (χ4n) is 3.73. The van der Waals surface area contributed by atoms with Crippen molar-refractivity contribution in [3.63, 3.8) is 0 Å². The molecule has 3 aromatic carbocycles. The zero-order chi connectivity index (χ0) is 24.1. The molecule has 6 nitrogen and oxygen atoms in total. The van der Waals surface area contributed by atoms with Crippen LogP contribution in [0.4, 0.5) is 11.4 Å². The molecule has 0 radical (unpaired) electrons. The number of carbonyl (C=O) groups is 2. The Labute approximate surface area is 222 Å². The fourth-order valence-corrected chi connectivity index (χ4v) is 4.88. The van der Waals surface area contributed by atoms with Crippen molar-refractivity contribution in [2.45, 2.75) is 0 Å². The lowest BCUT2D eigenvalue weighted by atomic mass is 10.1. The summed E-state index contributed by atoms with van der Waals surface area (Å²) in [5, 5.41) is 6.48. The van der Waals surface area contributed by atoms with Gasteiger partial charge in [-0.05, 0) is 77.3 Å². The third-order valence-corrected chi connectivity index (χ3v) is 6.93. The van der Waals surface area contributed by atoms with E-state index in [2.05, 4.69) is 38.1 Å². The number of benzene rings is 3. The molecule has 1 aliphatic heterocycles. The smallest absolute Gasteiger partial charge is 0.258 e. The topological polar surface area (TPSA) is 64.7 Å². The average Bonchev–Trinajstić information content (AvgIpc) is 2.84. The molecule has 174 valence electrons. The molecule has 9 heteroatoms. The maximum absolute atomic E-state index is 12.7. The Hall–Kier alpha value is -2.69. The van der Waals surface area contributed by atoms with Crippen LogP contribution in [0.3, 0.4) is 0 Å². The van der Waals surface area contributed by atoms with E-state index in [0.29, 0.717) is 48.0 Å². The number of thiocarbonyl (C=S) groups is 1. The highest BCUT2D eigenvalue weighted by Gasteiger charge is 2.23. The number of hydrogen-bond donors (Lipinski definition) is 2. The first-order valence-electron chi connectivity index (χ1n) is 10.7. The number of nitrogens with one attached hydrogen (secondary N) is 2. The van der Waals surface area contributed by atoms with Gasteiger partial charge in [0.2, 0.25) is 0 Å². The van der Waals surface area contributed by atoms with Crippen LogP contribution in [-0.2, 0) is 0 Å². The molecule has 0 aliphatic carbocycles. The molecule has 3 aromatic rings. The summed E-state index contributed by atoms with van der Waals surface area (Å²) in [7, 11) is 0. The van der Waals surface area contributed by atoms with Crippen LogP contribution in [0.25, 0.3) is 0 Å². The molecule has 2 N–H and O–H groups in total. The third kappa shape index (κ3) is 5.86. The maximum Gasteiger partial charge on any atom is 0.258 e. The van der Waals surface area contributed by atoms with Crippen molar-refractivity contribution in [3.05, 3.63) is 92.5 Å². The third-order valence-electron chi connectivity index (χ3n) is 5.48. The summed E-state index contributed by atoms with van der Waals surface area (Å²) in [5.41, 5.74) is 2.84. The second-order valence-electron chi connectivity index (χ2n) is 7.70. The van der Waals surface area contributed by atoms with Gasteiger partial charge in [0.1, 0.15) is 0 Å². The summed E-state index contributed by atoms with van der Waals surface area (Å²) < 4.78 is 0.846. The Kier molecular flexibility index (Phi) is 8.02. The molecule has 1 aliphatic rings. The number of carbonyl (C=O) groups excluding carboxylic acids is 2. The van der Waals surface area contributed by atoms with E-state index in [1.165, 1.54) is 0 Å². The minimum Gasteiger partial charge on any atom is -0.367 e. The average molecular weight is 605 g/mol. The van der Waals surface area contributed by atoms with Crippen LogP contribution in [0.5, 0.6) is 0 Å². The highest BCUT2D eigenvalue weighted by Crippen LogP contribution is 2.30. The largest absolute Gasteiger partial charge is 0.367 e. The van der Waals surface area contributed by atoms with Gasteiger partial charge in [0.15, 0.2) is 5.11 Å². The molecule has 0 bridgehead atoms. The van der Waals surface area contributed by atoms with Crippen molar-refractivity contribution in [2.75, 3.05) is 36.4 Å². The molecule has 1 fully saturated rings. The first-order chi connectivity index (χ1) is 16.4. The van der Waals surface area contributed by atoms with Gasteiger partial charge in [-0.3, -0.25) is 14.9 Å². The minimum absolute atomic E-state index is 0.0478. The van der Waals surface area contributed by atoms with Crippen molar-refractivity contribution in [1.29, 1.82) is 0 Å². The Morgan fingerprint density at radius 3 is 2.26 bits per heavy atom. The quantitative estimate of drug-likeness (QED) is 0.323. The van der Waals surface area contributed by atoms with Gasteiger partial charge in [-0.25, -0.2) is 0 Å². The van der Waals surface area contributed by atoms with Crippen LogP contribution >= 0.6 is 46.4 Å². The lowest BCUT2D eigenvalue weighted by Gasteiger charge is -2.36. The number of hydrogen-bond acceptors (Lipinski definition) is 4. The Morgan fingerprint density at radius 1 is 0.912 bits per heavy atom. The van der Waals surface area contributed by atoms with Crippen LogP contribution in [-0.4, -0.2) is 48.0 Å². The predicted octanol–water partition coefficient (Wildman–Crippen LogP) is 5.03. The lowest BCUT2D eigenvalue weighted by Crippen LogP contribution is -2.48. The maximum atomic E-state index is 12.7. The van der Waals surface area contributed by atoms with Crippen molar-refractivity contribution in [3.8, 4) is 0 Å². The number of anilines is 2. The van der Waals surface area contributed by atoms with Crippen molar-refractivity contribution < 1.29 is 9.59 Å². The summed E-state index contributed by atoms with van der Waals surface area (Å²) in [4.78, 5) is 29.2. The molecular formula is C25H22ClIN4O2S. The molecule has 1 saturated heterocycles. The second-order valence-corrected chi connectivity index (χ2v) is 9.68. The number of amides is 2. The van der Waals surface area contributed by atoms with E-state index >= 15 is 0 Å². The predicted molar refractivity (Wildman–Crippen MR) is 149 cm³/mol. The summed E-state index contributed by atoms with van der Waals surface area (Å²) in [5.74, 6) is -0.222. The van der Waals surface area contributed by atoms with E-state index in [-0.39, 0.29) is 16.9 Å². The van der Waals surface area contributed by atoms with Gasteiger partial charge in [-0.15, -0.1) is 0 Å². The molecule has 0 unspecified atom stereocenters. The fraction of sp³-hybridized carbons (Fsp3) is 0.160.